The number of ether oxygens (including phenoxy) is 1. The third-order valence-corrected chi connectivity index (χ3v) is 5.43. The van der Waals surface area contributed by atoms with Crippen LogP contribution in [0.1, 0.15) is 44.9 Å². The van der Waals surface area contributed by atoms with Crippen molar-refractivity contribution in [3.8, 4) is 0 Å². The van der Waals surface area contributed by atoms with Crippen molar-refractivity contribution >= 4 is 17.8 Å². The van der Waals surface area contributed by atoms with Crippen molar-refractivity contribution in [3.05, 3.63) is 0 Å². The molecule has 2 saturated heterocycles. The van der Waals surface area contributed by atoms with E-state index in [9.17, 15) is 14.4 Å². The van der Waals surface area contributed by atoms with Gasteiger partial charge < -0.3 is 19.6 Å². The maximum atomic E-state index is 12.7. The third kappa shape index (κ3) is 3.71. The van der Waals surface area contributed by atoms with E-state index in [1.807, 2.05) is 4.90 Å². The number of rotatable bonds is 3. The second-order valence-electron chi connectivity index (χ2n) is 7.07. The van der Waals surface area contributed by atoms with Crippen LogP contribution in [0, 0.1) is 5.92 Å². The van der Waals surface area contributed by atoms with Gasteiger partial charge in [-0.15, -0.1) is 0 Å². The Balaban J connectivity index is 1.60. The second kappa shape index (κ2) is 7.51. The van der Waals surface area contributed by atoms with E-state index in [1.54, 1.807) is 4.90 Å². The maximum Gasteiger partial charge on any atom is 0.334 e. The summed E-state index contributed by atoms with van der Waals surface area (Å²) >= 11 is 0. The summed E-state index contributed by atoms with van der Waals surface area (Å²) in [5, 5.41) is 9.06. The largest absolute Gasteiger partial charge is 0.479 e. The molecule has 0 bridgehead atoms. The van der Waals surface area contributed by atoms with Crippen molar-refractivity contribution in [2.24, 2.45) is 5.92 Å². The van der Waals surface area contributed by atoms with Crippen LogP contribution >= 0.6 is 0 Å². The van der Waals surface area contributed by atoms with Gasteiger partial charge in [-0.1, -0.05) is 25.7 Å². The van der Waals surface area contributed by atoms with Crippen molar-refractivity contribution in [1.29, 1.82) is 0 Å². The van der Waals surface area contributed by atoms with Crippen molar-refractivity contribution in [3.63, 3.8) is 0 Å². The molecule has 2 heterocycles. The number of aliphatic carboxylic acids is 1. The molecule has 3 fully saturated rings. The van der Waals surface area contributed by atoms with Crippen molar-refractivity contribution in [2.75, 3.05) is 26.2 Å². The lowest BCUT2D eigenvalue weighted by Gasteiger charge is -2.33. The fourth-order valence-corrected chi connectivity index (χ4v) is 4.08. The van der Waals surface area contributed by atoms with Crippen molar-refractivity contribution in [1.82, 2.24) is 9.80 Å². The Labute approximate surface area is 141 Å². The summed E-state index contributed by atoms with van der Waals surface area (Å²) in [5.74, 6) is -1.42. The molecule has 2 atom stereocenters. The van der Waals surface area contributed by atoms with Gasteiger partial charge in [0.25, 0.3) is 0 Å². The maximum absolute atomic E-state index is 12.7. The molecule has 0 unspecified atom stereocenters. The molecule has 1 N–H and O–H groups in total. The van der Waals surface area contributed by atoms with Crippen LogP contribution in [-0.4, -0.2) is 71.1 Å². The molecule has 2 amide bonds. The highest BCUT2D eigenvalue weighted by molar-refractivity contribution is 5.89. The summed E-state index contributed by atoms with van der Waals surface area (Å²) in [6.07, 6.45) is 6.11. The Kier molecular flexibility index (Phi) is 5.38. The van der Waals surface area contributed by atoms with Crippen LogP contribution in [0.15, 0.2) is 0 Å². The third-order valence-electron chi connectivity index (χ3n) is 5.43. The first kappa shape index (κ1) is 17.2. The number of carbonyl (C=O) groups excluding carboxylic acids is 2. The van der Waals surface area contributed by atoms with Crippen LogP contribution < -0.4 is 0 Å². The highest BCUT2D eigenvalue weighted by Gasteiger charge is 2.41. The van der Waals surface area contributed by atoms with E-state index in [-0.39, 0.29) is 43.3 Å². The smallest absolute Gasteiger partial charge is 0.334 e. The number of hydrogen-bond acceptors (Lipinski definition) is 4. The van der Waals surface area contributed by atoms with Gasteiger partial charge in [-0.05, 0) is 12.8 Å². The van der Waals surface area contributed by atoms with Gasteiger partial charge in [0.05, 0.1) is 19.1 Å². The molecule has 7 nitrogen and oxygen atoms in total. The summed E-state index contributed by atoms with van der Waals surface area (Å²) in [6, 6.07) is 0.272. The molecule has 24 heavy (non-hydrogen) atoms. The summed E-state index contributed by atoms with van der Waals surface area (Å²) in [7, 11) is 0. The molecule has 0 radical (unpaired) electrons. The van der Waals surface area contributed by atoms with Crippen LogP contribution in [0.25, 0.3) is 0 Å². The Bertz CT molecular complexity index is 501. The van der Waals surface area contributed by atoms with Crippen molar-refractivity contribution in [2.45, 2.75) is 57.1 Å². The first-order valence-electron chi connectivity index (χ1n) is 8.99. The van der Waals surface area contributed by atoms with Crippen molar-refractivity contribution < 1.29 is 24.2 Å². The van der Waals surface area contributed by atoms with E-state index in [2.05, 4.69) is 0 Å². The molecule has 0 aromatic rings. The van der Waals surface area contributed by atoms with Gasteiger partial charge in [0, 0.05) is 25.6 Å². The Morgan fingerprint density at radius 3 is 2.46 bits per heavy atom. The number of carbonyl (C=O) groups is 3. The zero-order valence-electron chi connectivity index (χ0n) is 14.0. The minimum atomic E-state index is -1.05. The fourth-order valence-electron chi connectivity index (χ4n) is 4.08. The van der Waals surface area contributed by atoms with Crippen LogP contribution in [0.2, 0.25) is 0 Å². The van der Waals surface area contributed by atoms with E-state index in [1.165, 1.54) is 12.8 Å². The molecular weight excluding hydrogens is 312 g/mol. The van der Waals surface area contributed by atoms with Crippen LogP contribution in [-0.2, 0) is 19.1 Å². The Morgan fingerprint density at radius 1 is 1.08 bits per heavy atom. The molecule has 0 aromatic carbocycles. The van der Waals surface area contributed by atoms with E-state index >= 15 is 0 Å². The number of carboxylic acid groups (broad SMARTS) is 1. The van der Waals surface area contributed by atoms with Gasteiger partial charge in [0.2, 0.25) is 11.8 Å². The van der Waals surface area contributed by atoms with Crippen LogP contribution in [0.4, 0.5) is 0 Å². The lowest BCUT2D eigenvalue weighted by atomic mass is 10.1. The first-order chi connectivity index (χ1) is 11.6. The van der Waals surface area contributed by atoms with Gasteiger partial charge in [-0.25, -0.2) is 4.79 Å². The summed E-state index contributed by atoms with van der Waals surface area (Å²) in [4.78, 5) is 39.6. The lowest BCUT2D eigenvalue weighted by molar-refractivity contribution is -0.160. The van der Waals surface area contributed by atoms with Crippen LogP contribution in [0.3, 0.4) is 0 Å². The lowest BCUT2D eigenvalue weighted by Crippen LogP contribution is -2.50. The molecular formula is C17H26N2O5. The predicted octanol–water partition coefficient (Wildman–Crippen LogP) is 0.870. The quantitative estimate of drug-likeness (QED) is 0.772. The van der Waals surface area contributed by atoms with Crippen LogP contribution in [0.5, 0.6) is 0 Å². The summed E-state index contributed by atoms with van der Waals surface area (Å²) < 4.78 is 5.16. The molecule has 2 aliphatic heterocycles. The number of hydrogen-bond donors (Lipinski definition) is 1. The molecule has 3 aliphatic rings. The summed E-state index contributed by atoms with van der Waals surface area (Å²) in [5.41, 5.74) is 0. The molecule has 3 rings (SSSR count). The standard InChI is InChI=1S/C17H26N2O5/c20-15-9-12(10-19(15)13-5-3-1-2-4-6-13)16(21)18-7-8-24-14(11-18)17(22)23/h12-14H,1-11H2,(H,22,23)/t12-,14-/m1/s1. The number of nitrogens with zero attached hydrogens (tertiary/aromatic N) is 2. The Hall–Kier alpha value is -1.63. The average Bonchev–Trinajstić information content (AvgIpc) is 2.80. The van der Waals surface area contributed by atoms with Gasteiger partial charge in [0.1, 0.15) is 0 Å². The minimum Gasteiger partial charge on any atom is -0.479 e. The predicted molar refractivity (Wildman–Crippen MR) is 85.3 cm³/mol. The van der Waals surface area contributed by atoms with E-state index in [0.717, 1.165) is 25.7 Å². The molecule has 134 valence electrons. The summed E-state index contributed by atoms with van der Waals surface area (Å²) in [6.45, 7) is 1.19. The molecule has 0 aromatic heterocycles. The average molecular weight is 338 g/mol. The first-order valence-corrected chi connectivity index (χ1v) is 8.99. The molecule has 1 aliphatic carbocycles. The molecule has 7 heteroatoms. The van der Waals surface area contributed by atoms with E-state index in [4.69, 9.17) is 9.84 Å². The number of likely N-dealkylation sites (tertiary alicyclic amines) is 1. The van der Waals surface area contributed by atoms with E-state index < -0.39 is 12.1 Å². The SMILES string of the molecule is O=C(O)[C@H]1CN(C(=O)[C@@H]2CC(=O)N(C3CCCCCC3)C2)CCO1. The molecule has 0 spiro atoms. The topological polar surface area (TPSA) is 87.2 Å². The van der Waals surface area contributed by atoms with Gasteiger partial charge in [-0.2, -0.15) is 0 Å². The number of carboxylic acids is 1. The fraction of sp³-hybridized carbons (Fsp3) is 0.824. The highest BCUT2D eigenvalue weighted by atomic mass is 16.5. The molecule has 1 saturated carbocycles. The highest BCUT2D eigenvalue weighted by Crippen LogP contribution is 2.29. The van der Waals surface area contributed by atoms with Gasteiger partial charge in [0.15, 0.2) is 6.10 Å². The monoisotopic (exact) mass is 338 g/mol. The zero-order valence-corrected chi connectivity index (χ0v) is 14.0. The second-order valence-corrected chi connectivity index (χ2v) is 7.07. The normalized spacial score (nSPS) is 29.6. The number of morpholine rings is 1. The van der Waals surface area contributed by atoms with Gasteiger partial charge >= 0.3 is 5.97 Å². The number of amides is 2. The van der Waals surface area contributed by atoms with E-state index in [0.29, 0.717) is 13.1 Å². The minimum absolute atomic E-state index is 0.0717. The van der Waals surface area contributed by atoms with Gasteiger partial charge in [-0.3, -0.25) is 9.59 Å². The zero-order chi connectivity index (χ0) is 17.1. The Morgan fingerprint density at radius 2 is 1.79 bits per heavy atom.